The van der Waals surface area contributed by atoms with Crippen molar-refractivity contribution in [3.63, 3.8) is 0 Å². The lowest BCUT2D eigenvalue weighted by Crippen LogP contribution is -1.87. The third kappa shape index (κ3) is 19.7. The van der Waals surface area contributed by atoms with E-state index in [0.29, 0.717) is 0 Å². The molecule has 0 unspecified atom stereocenters. The Hall–Kier alpha value is -0.260. The Morgan fingerprint density at radius 1 is 0.571 bits per heavy atom. The van der Waals surface area contributed by atoms with Crippen LogP contribution in [0.15, 0.2) is 12.2 Å². The molecule has 0 radical (unpaired) electrons. The van der Waals surface area contributed by atoms with E-state index in [4.69, 9.17) is 0 Å². The van der Waals surface area contributed by atoms with Gasteiger partial charge in [-0.3, -0.25) is 0 Å². The number of unbranched alkanes of at least 4 members (excludes halogenated alkanes) is 12. The van der Waals surface area contributed by atoms with Crippen molar-refractivity contribution in [1.82, 2.24) is 0 Å². The summed E-state index contributed by atoms with van der Waals surface area (Å²) in [7, 11) is 0. The summed E-state index contributed by atoms with van der Waals surface area (Å²) in [6.07, 6.45) is 26.0. The summed E-state index contributed by atoms with van der Waals surface area (Å²) < 4.78 is 0. The molecule has 0 nitrogen and oxygen atoms in total. The van der Waals surface area contributed by atoms with Gasteiger partial charge in [0, 0.05) is 0 Å². The van der Waals surface area contributed by atoms with Gasteiger partial charge in [-0.25, -0.2) is 0 Å². The molecule has 0 heterocycles. The van der Waals surface area contributed by atoms with E-state index < -0.39 is 0 Å². The fraction of sp³-hybridized carbons (Fsp3) is 0.905. The maximum Gasteiger partial charge on any atom is -0.0351 e. The van der Waals surface area contributed by atoms with E-state index in [-0.39, 0.29) is 0 Å². The highest BCUT2D eigenvalue weighted by molar-refractivity contribution is 4.81. The van der Waals surface area contributed by atoms with Crippen LogP contribution >= 0.6 is 0 Å². The molecular weight excluding hydrogens is 252 g/mol. The molecular formula is C21H42. The summed E-state index contributed by atoms with van der Waals surface area (Å²) in [6, 6.07) is 0. The highest BCUT2D eigenvalue weighted by atomic mass is 14.0. The minimum atomic E-state index is 0.891. The van der Waals surface area contributed by atoms with Crippen LogP contribution in [-0.4, -0.2) is 0 Å². The Balaban J connectivity index is 3.05. The zero-order chi connectivity index (χ0) is 15.6. The first kappa shape index (κ1) is 20.7. The lowest BCUT2D eigenvalue weighted by molar-refractivity contribution is 0.512. The molecule has 0 heteroatoms. The molecule has 0 fully saturated rings. The van der Waals surface area contributed by atoms with Gasteiger partial charge in [0.05, 0.1) is 0 Å². The number of rotatable bonds is 16. The largest absolute Gasteiger partial charge is 0.0885 e. The zero-order valence-electron chi connectivity index (χ0n) is 15.3. The van der Waals surface area contributed by atoms with Gasteiger partial charge in [-0.05, 0) is 31.6 Å². The van der Waals surface area contributed by atoms with Crippen molar-refractivity contribution in [2.45, 2.75) is 117 Å². The van der Waals surface area contributed by atoms with Crippen molar-refractivity contribution in [3.05, 3.63) is 12.2 Å². The molecule has 126 valence electrons. The molecule has 0 saturated heterocycles. The van der Waals surface area contributed by atoms with Gasteiger partial charge in [-0.2, -0.15) is 0 Å². The van der Waals surface area contributed by atoms with Crippen LogP contribution in [0.4, 0.5) is 0 Å². The summed E-state index contributed by atoms with van der Waals surface area (Å²) in [6.45, 7) is 6.95. The monoisotopic (exact) mass is 294 g/mol. The van der Waals surface area contributed by atoms with E-state index >= 15 is 0 Å². The summed E-state index contributed by atoms with van der Waals surface area (Å²) in [4.78, 5) is 0. The van der Waals surface area contributed by atoms with Crippen molar-refractivity contribution in [1.29, 1.82) is 0 Å². The van der Waals surface area contributed by atoms with Crippen LogP contribution < -0.4 is 0 Å². The molecule has 0 N–H and O–H groups in total. The third-order valence-corrected chi connectivity index (χ3v) is 4.29. The summed E-state index contributed by atoms with van der Waals surface area (Å²) in [5, 5.41) is 0. The van der Waals surface area contributed by atoms with Gasteiger partial charge in [0.15, 0.2) is 0 Å². The predicted molar refractivity (Wildman–Crippen MR) is 98.9 cm³/mol. The molecule has 0 aromatic carbocycles. The van der Waals surface area contributed by atoms with Crippen molar-refractivity contribution in [3.8, 4) is 0 Å². The Kier molecular flexibility index (Phi) is 17.6. The quantitative estimate of drug-likeness (QED) is 0.199. The highest BCUT2D eigenvalue weighted by Crippen LogP contribution is 2.12. The molecule has 0 aliphatic rings. The van der Waals surface area contributed by atoms with E-state index in [0.717, 1.165) is 5.92 Å². The maximum atomic E-state index is 2.42. The van der Waals surface area contributed by atoms with E-state index in [1.165, 1.54) is 96.3 Å². The SMILES string of the molecule is CCCCCCCC/C=C\CCCCCCCCC(C)C. The lowest BCUT2D eigenvalue weighted by Gasteiger charge is -2.03. The molecule has 0 amide bonds. The second-order valence-electron chi connectivity index (χ2n) is 7.12. The van der Waals surface area contributed by atoms with E-state index in [2.05, 4.69) is 32.9 Å². The van der Waals surface area contributed by atoms with Crippen LogP contribution in [0, 0.1) is 5.92 Å². The average Bonchev–Trinajstić information content (AvgIpc) is 2.46. The molecule has 0 spiro atoms. The van der Waals surface area contributed by atoms with E-state index in [9.17, 15) is 0 Å². The molecule has 0 saturated carbocycles. The standard InChI is InChI=1S/C21H42/c1-4-5-6-7-8-9-10-11-12-13-14-15-16-17-18-19-20-21(2)3/h11-12,21H,4-10,13-20H2,1-3H3/b12-11-. The summed E-state index contributed by atoms with van der Waals surface area (Å²) in [5.41, 5.74) is 0. The van der Waals surface area contributed by atoms with Crippen LogP contribution in [0.2, 0.25) is 0 Å². The minimum absolute atomic E-state index is 0.891. The average molecular weight is 295 g/mol. The first-order chi connectivity index (χ1) is 10.3. The van der Waals surface area contributed by atoms with Crippen LogP contribution in [0.5, 0.6) is 0 Å². The van der Waals surface area contributed by atoms with Gasteiger partial charge >= 0.3 is 0 Å². The van der Waals surface area contributed by atoms with Crippen molar-refractivity contribution < 1.29 is 0 Å². The molecule has 0 bridgehead atoms. The van der Waals surface area contributed by atoms with Crippen molar-refractivity contribution >= 4 is 0 Å². The molecule has 0 aliphatic carbocycles. The molecule has 0 aromatic rings. The Labute approximate surface area is 135 Å². The topological polar surface area (TPSA) is 0 Å². The number of hydrogen-bond acceptors (Lipinski definition) is 0. The zero-order valence-corrected chi connectivity index (χ0v) is 15.3. The van der Waals surface area contributed by atoms with Crippen LogP contribution in [-0.2, 0) is 0 Å². The number of hydrogen-bond donors (Lipinski definition) is 0. The second-order valence-corrected chi connectivity index (χ2v) is 7.12. The molecule has 0 aliphatic heterocycles. The van der Waals surface area contributed by atoms with Gasteiger partial charge in [-0.1, -0.05) is 104 Å². The Bertz CT molecular complexity index is 202. The van der Waals surface area contributed by atoms with E-state index in [1.807, 2.05) is 0 Å². The van der Waals surface area contributed by atoms with Crippen molar-refractivity contribution in [2.75, 3.05) is 0 Å². The van der Waals surface area contributed by atoms with Gasteiger partial charge in [0.1, 0.15) is 0 Å². The molecule has 0 rings (SSSR count). The second kappa shape index (κ2) is 17.8. The molecule has 21 heavy (non-hydrogen) atoms. The minimum Gasteiger partial charge on any atom is -0.0885 e. The fourth-order valence-corrected chi connectivity index (χ4v) is 2.80. The first-order valence-electron chi connectivity index (χ1n) is 9.92. The van der Waals surface area contributed by atoms with Crippen LogP contribution in [0.1, 0.15) is 117 Å². The van der Waals surface area contributed by atoms with Gasteiger partial charge in [0.25, 0.3) is 0 Å². The number of allylic oxidation sites excluding steroid dienone is 2. The van der Waals surface area contributed by atoms with Gasteiger partial charge < -0.3 is 0 Å². The Morgan fingerprint density at radius 2 is 1.00 bits per heavy atom. The molecule has 0 atom stereocenters. The summed E-state index contributed by atoms with van der Waals surface area (Å²) >= 11 is 0. The smallest absolute Gasteiger partial charge is 0.0351 e. The van der Waals surface area contributed by atoms with Crippen LogP contribution in [0.3, 0.4) is 0 Å². The predicted octanol–water partition coefficient (Wildman–Crippen LogP) is 8.07. The van der Waals surface area contributed by atoms with Gasteiger partial charge in [-0.15, -0.1) is 0 Å². The lowest BCUT2D eigenvalue weighted by atomic mass is 10.0. The highest BCUT2D eigenvalue weighted by Gasteiger charge is 1.94. The normalized spacial score (nSPS) is 11.8. The maximum absolute atomic E-state index is 2.42. The first-order valence-corrected chi connectivity index (χ1v) is 9.92. The summed E-state index contributed by atoms with van der Waals surface area (Å²) in [5.74, 6) is 0.891. The van der Waals surface area contributed by atoms with Crippen LogP contribution in [0.25, 0.3) is 0 Å². The fourth-order valence-electron chi connectivity index (χ4n) is 2.80. The van der Waals surface area contributed by atoms with Gasteiger partial charge in [0.2, 0.25) is 0 Å². The van der Waals surface area contributed by atoms with E-state index in [1.54, 1.807) is 0 Å². The van der Waals surface area contributed by atoms with Crippen molar-refractivity contribution in [2.24, 2.45) is 5.92 Å². The Morgan fingerprint density at radius 3 is 1.48 bits per heavy atom. The molecule has 0 aromatic heterocycles. The third-order valence-electron chi connectivity index (χ3n) is 4.29.